The van der Waals surface area contributed by atoms with Crippen LogP contribution in [0.5, 0.6) is 0 Å². The van der Waals surface area contributed by atoms with Gasteiger partial charge in [-0.2, -0.15) is 0 Å². The minimum atomic E-state index is -0.569. The first-order valence-electron chi connectivity index (χ1n) is 14.1. The van der Waals surface area contributed by atoms with Crippen molar-refractivity contribution in [2.45, 2.75) is 116 Å². The molecular weight excluding hydrogens is 463 g/mol. The fourth-order valence-corrected chi connectivity index (χ4v) is 4.36. The van der Waals surface area contributed by atoms with Crippen LogP contribution in [0.1, 0.15) is 96.3 Å². The Bertz CT molecular complexity index is 702. The molecule has 0 amide bonds. The third-order valence-electron chi connectivity index (χ3n) is 6.47. The molecule has 0 bridgehead atoms. The van der Waals surface area contributed by atoms with Crippen LogP contribution < -0.4 is 0 Å². The van der Waals surface area contributed by atoms with Crippen LogP contribution in [0.15, 0.2) is 18.2 Å². The van der Waals surface area contributed by atoms with Crippen LogP contribution in [-0.2, 0) is 30.3 Å². The van der Waals surface area contributed by atoms with Gasteiger partial charge in [0.15, 0.2) is 0 Å². The van der Waals surface area contributed by atoms with E-state index < -0.39 is 18.0 Å². The van der Waals surface area contributed by atoms with Crippen molar-refractivity contribution in [3.63, 3.8) is 0 Å². The lowest BCUT2D eigenvalue weighted by molar-refractivity contribution is -0.268. The normalized spacial score (nSPS) is 24.3. The van der Waals surface area contributed by atoms with Crippen LogP contribution in [0, 0.1) is 5.82 Å². The van der Waals surface area contributed by atoms with Gasteiger partial charge in [-0.25, -0.2) is 4.39 Å². The Kier molecular flexibility index (Phi) is 15.7. The van der Waals surface area contributed by atoms with Crippen LogP contribution in [0.25, 0.3) is 0 Å². The van der Waals surface area contributed by atoms with Gasteiger partial charge in [0.1, 0.15) is 36.3 Å². The molecule has 0 radical (unpaired) electrons. The first-order valence-corrected chi connectivity index (χ1v) is 14.1. The molecule has 0 aromatic heterocycles. The SMILES string of the molecule is CCCCOCC1OC(c2cc(F)cc(CO)c2)[C@H](OCCCC)C(OCCCC)[C@@H]1OCCCC. The highest BCUT2D eigenvalue weighted by Crippen LogP contribution is 2.38. The van der Waals surface area contributed by atoms with Crippen molar-refractivity contribution in [1.29, 1.82) is 0 Å². The standard InChI is InChI=1S/C29H49FO6/c1-5-9-13-32-21-25-27(33-14-10-6-2)29(35-16-12-8-4)28(34-15-11-7-3)26(36-25)23-17-22(20-31)18-24(30)19-23/h17-19,25-29,31H,5-16,20-21H2,1-4H3/t25?,26?,27-,28+,29?/m1/s1. The zero-order valence-electron chi connectivity index (χ0n) is 22.9. The van der Waals surface area contributed by atoms with Gasteiger partial charge in [0.2, 0.25) is 0 Å². The second-order valence-corrected chi connectivity index (χ2v) is 9.64. The number of rotatable bonds is 19. The Balaban J connectivity index is 2.43. The minimum Gasteiger partial charge on any atom is -0.392 e. The summed E-state index contributed by atoms with van der Waals surface area (Å²) < 4.78 is 46.4. The van der Waals surface area contributed by atoms with E-state index in [1.54, 1.807) is 6.07 Å². The Morgan fingerprint density at radius 1 is 0.750 bits per heavy atom. The van der Waals surface area contributed by atoms with Gasteiger partial charge < -0.3 is 28.8 Å². The Morgan fingerprint density at radius 3 is 1.89 bits per heavy atom. The van der Waals surface area contributed by atoms with E-state index in [0.717, 1.165) is 51.4 Å². The Morgan fingerprint density at radius 2 is 1.31 bits per heavy atom. The summed E-state index contributed by atoms with van der Waals surface area (Å²) in [6.07, 6.45) is 5.67. The van der Waals surface area contributed by atoms with Crippen LogP contribution >= 0.6 is 0 Å². The van der Waals surface area contributed by atoms with E-state index in [1.807, 2.05) is 0 Å². The smallest absolute Gasteiger partial charge is 0.123 e. The molecule has 1 fully saturated rings. The highest BCUT2D eigenvalue weighted by atomic mass is 19.1. The van der Waals surface area contributed by atoms with Crippen molar-refractivity contribution in [2.75, 3.05) is 33.0 Å². The van der Waals surface area contributed by atoms with E-state index in [0.29, 0.717) is 44.2 Å². The largest absolute Gasteiger partial charge is 0.392 e. The fraction of sp³-hybridized carbons (Fsp3) is 0.793. The molecule has 1 saturated heterocycles. The summed E-state index contributed by atoms with van der Waals surface area (Å²) in [6, 6.07) is 4.60. The van der Waals surface area contributed by atoms with E-state index in [4.69, 9.17) is 23.7 Å². The van der Waals surface area contributed by atoms with E-state index in [9.17, 15) is 9.50 Å². The van der Waals surface area contributed by atoms with Gasteiger partial charge in [0.25, 0.3) is 0 Å². The van der Waals surface area contributed by atoms with Gasteiger partial charge in [0, 0.05) is 26.4 Å². The van der Waals surface area contributed by atoms with Gasteiger partial charge in [-0.3, -0.25) is 0 Å². The molecule has 1 aliphatic rings. The van der Waals surface area contributed by atoms with Crippen LogP contribution in [0.2, 0.25) is 0 Å². The third kappa shape index (κ3) is 9.99. The maximum atomic E-state index is 14.5. The fourth-order valence-electron chi connectivity index (χ4n) is 4.36. The molecule has 7 heteroatoms. The zero-order chi connectivity index (χ0) is 26.2. The van der Waals surface area contributed by atoms with Crippen LogP contribution in [0.3, 0.4) is 0 Å². The summed E-state index contributed by atoms with van der Waals surface area (Å²) in [4.78, 5) is 0. The predicted octanol–water partition coefficient (Wildman–Crippen LogP) is 6.13. The molecule has 2 rings (SSSR count). The van der Waals surface area contributed by atoms with Crippen LogP contribution in [0.4, 0.5) is 4.39 Å². The van der Waals surface area contributed by atoms with Gasteiger partial charge in [0.05, 0.1) is 13.2 Å². The molecule has 1 aliphatic heterocycles. The molecule has 36 heavy (non-hydrogen) atoms. The summed E-state index contributed by atoms with van der Waals surface area (Å²) in [6.45, 7) is 11.0. The number of hydrogen-bond donors (Lipinski definition) is 1. The summed E-state index contributed by atoms with van der Waals surface area (Å²) in [7, 11) is 0. The number of hydrogen-bond acceptors (Lipinski definition) is 6. The van der Waals surface area contributed by atoms with E-state index >= 15 is 0 Å². The highest BCUT2D eigenvalue weighted by molar-refractivity contribution is 5.28. The number of ether oxygens (including phenoxy) is 5. The van der Waals surface area contributed by atoms with Crippen molar-refractivity contribution in [3.05, 3.63) is 35.1 Å². The first kappa shape index (κ1) is 31.1. The molecule has 5 atom stereocenters. The second kappa shape index (κ2) is 18.2. The molecule has 0 aliphatic carbocycles. The van der Waals surface area contributed by atoms with E-state index in [1.165, 1.54) is 12.1 Å². The average molecular weight is 513 g/mol. The Hall–Kier alpha value is -1.09. The summed E-state index contributed by atoms with van der Waals surface area (Å²) >= 11 is 0. The lowest BCUT2D eigenvalue weighted by Crippen LogP contribution is -2.58. The predicted molar refractivity (Wildman–Crippen MR) is 140 cm³/mol. The van der Waals surface area contributed by atoms with Crippen molar-refractivity contribution in [1.82, 2.24) is 0 Å². The first-order chi connectivity index (χ1) is 17.6. The molecule has 3 unspecified atom stereocenters. The van der Waals surface area contributed by atoms with Gasteiger partial charge in [-0.1, -0.05) is 59.4 Å². The third-order valence-corrected chi connectivity index (χ3v) is 6.47. The van der Waals surface area contributed by atoms with Crippen molar-refractivity contribution >= 4 is 0 Å². The lowest BCUT2D eigenvalue weighted by Gasteiger charge is -2.46. The van der Waals surface area contributed by atoms with Gasteiger partial charge >= 0.3 is 0 Å². The zero-order valence-corrected chi connectivity index (χ0v) is 22.9. The van der Waals surface area contributed by atoms with Crippen LogP contribution in [-0.4, -0.2) is 62.6 Å². The number of aliphatic hydroxyl groups excluding tert-OH is 1. The quantitative estimate of drug-likeness (QED) is 0.225. The molecule has 6 nitrogen and oxygen atoms in total. The van der Waals surface area contributed by atoms with Crippen molar-refractivity contribution < 1.29 is 33.2 Å². The number of unbranched alkanes of at least 4 members (excludes halogenated alkanes) is 4. The van der Waals surface area contributed by atoms with Crippen molar-refractivity contribution in [3.8, 4) is 0 Å². The molecule has 208 valence electrons. The Labute approximate surface area is 217 Å². The maximum absolute atomic E-state index is 14.5. The molecule has 0 spiro atoms. The van der Waals surface area contributed by atoms with E-state index in [2.05, 4.69) is 27.7 Å². The molecule has 0 saturated carbocycles. The number of halogens is 1. The average Bonchev–Trinajstić information content (AvgIpc) is 2.88. The molecule has 1 aromatic carbocycles. The van der Waals surface area contributed by atoms with Gasteiger partial charge in [-0.05, 0) is 48.9 Å². The summed E-state index contributed by atoms with van der Waals surface area (Å²) in [5, 5.41) is 9.70. The maximum Gasteiger partial charge on any atom is 0.123 e. The monoisotopic (exact) mass is 512 g/mol. The minimum absolute atomic E-state index is 0.248. The highest BCUT2D eigenvalue weighted by Gasteiger charge is 2.48. The number of aliphatic hydroxyl groups is 1. The van der Waals surface area contributed by atoms with E-state index in [-0.39, 0.29) is 24.9 Å². The summed E-state index contributed by atoms with van der Waals surface area (Å²) in [5.74, 6) is -0.409. The molecule has 1 aromatic rings. The topological polar surface area (TPSA) is 66.4 Å². The molecular formula is C29H49FO6. The number of benzene rings is 1. The van der Waals surface area contributed by atoms with Gasteiger partial charge in [-0.15, -0.1) is 0 Å². The lowest BCUT2D eigenvalue weighted by atomic mass is 9.89. The second-order valence-electron chi connectivity index (χ2n) is 9.64. The molecule has 1 heterocycles. The summed E-state index contributed by atoms with van der Waals surface area (Å²) in [5.41, 5.74) is 1.14. The molecule has 1 N–H and O–H groups in total. The van der Waals surface area contributed by atoms with Crippen molar-refractivity contribution in [2.24, 2.45) is 0 Å².